The normalized spacial score (nSPS) is 15.6. The van der Waals surface area contributed by atoms with Crippen LogP contribution in [0.2, 0.25) is 0 Å². The van der Waals surface area contributed by atoms with Gasteiger partial charge in [-0.25, -0.2) is 0 Å². The number of fused-ring (bicyclic) bond motifs is 2. The molecule has 5 rings (SSSR count). The lowest BCUT2D eigenvalue weighted by atomic mass is 9.91. The smallest absolute Gasteiger partial charge is 0.0447 e. The summed E-state index contributed by atoms with van der Waals surface area (Å²) in [6.07, 6.45) is 6.26. The molecule has 4 aromatic rings. The molecule has 130 valence electrons. The SMILES string of the molecule is C1=C(Cc2ccccn2)c2ccccc2C1Cc1cccc2ccccc12. The van der Waals surface area contributed by atoms with Gasteiger partial charge in [0, 0.05) is 24.2 Å². The Labute approximate surface area is 160 Å². The molecule has 1 unspecified atom stereocenters. The molecule has 1 aromatic heterocycles. The van der Waals surface area contributed by atoms with Crippen molar-refractivity contribution in [1.82, 2.24) is 4.98 Å². The molecule has 0 saturated carbocycles. The Bertz CT molecular complexity index is 1120. The van der Waals surface area contributed by atoms with Gasteiger partial charge in [-0.1, -0.05) is 78.9 Å². The van der Waals surface area contributed by atoms with Crippen molar-refractivity contribution in [3.05, 3.63) is 120 Å². The predicted molar refractivity (Wildman–Crippen MR) is 113 cm³/mol. The molecule has 0 amide bonds. The van der Waals surface area contributed by atoms with E-state index in [9.17, 15) is 0 Å². The summed E-state index contributed by atoms with van der Waals surface area (Å²) in [5, 5.41) is 2.68. The van der Waals surface area contributed by atoms with E-state index in [0.717, 1.165) is 18.5 Å². The molecule has 1 heterocycles. The first kappa shape index (κ1) is 16.0. The van der Waals surface area contributed by atoms with E-state index in [4.69, 9.17) is 0 Å². The van der Waals surface area contributed by atoms with Crippen LogP contribution in [0.25, 0.3) is 16.3 Å². The Morgan fingerprint density at radius 3 is 2.48 bits per heavy atom. The van der Waals surface area contributed by atoms with Gasteiger partial charge in [0.15, 0.2) is 0 Å². The zero-order valence-electron chi connectivity index (χ0n) is 15.2. The number of aromatic nitrogens is 1. The molecule has 3 aromatic carbocycles. The van der Waals surface area contributed by atoms with Crippen molar-refractivity contribution >= 4 is 16.3 Å². The number of nitrogens with zero attached hydrogens (tertiary/aromatic N) is 1. The number of rotatable bonds is 4. The molecule has 0 saturated heterocycles. The van der Waals surface area contributed by atoms with Gasteiger partial charge >= 0.3 is 0 Å². The molecule has 1 aliphatic carbocycles. The second-order valence-electron chi connectivity index (χ2n) is 7.23. The molecule has 0 bridgehead atoms. The number of hydrogen-bond donors (Lipinski definition) is 0. The number of allylic oxidation sites excluding steroid dienone is 2. The fourth-order valence-corrected chi connectivity index (χ4v) is 4.26. The standard InChI is InChI=1S/C26H21N/c1-2-12-24-19(8-1)9-7-10-20(24)16-21-17-22(18-23-11-5-6-15-27-23)26-14-4-3-13-25(21)26/h1-15,17,21H,16,18H2. The van der Waals surface area contributed by atoms with Gasteiger partial charge in [0.1, 0.15) is 0 Å². The zero-order valence-corrected chi connectivity index (χ0v) is 15.2. The highest BCUT2D eigenvalue weighted by molar-refractivity contribution is 5.86. The fourth-order valence-electron chi connectivity index (χ4n) is 4.26. The minimum Gasteiger partial charge on any atom is -0.261 e. The lowest BCUT2D eigenvalue weighted by Crippen LogP contribution is -1.98. The van der Waals surface area contributed by atoms with E-state index in [1.54, 1.807) is 0 Å². The molecule has 0 radical (unpaired) electrons. The van der Waals surface area contributed by atoms with Gasteiger partial charge in [0.25, 0.3) is 0 Å². The summed E-state index contributed by atoms with van der Waals surface area (Å²) in [5.41, 5.74) is 6.77. The van der Waals surface area contributed by atoms with Crippen LogP contribution in [-0.2, 0) is 12.8 Å². The Hall–Kier alpha value is -3.19. The molecular weight excluding hydrogens is 326 g/mol. The third-order valence-electron chi connectivity index (χ3n) is 5.53. The summed E-state index contributed by atoms with van der Waals surface area (Å²) in [4.78, 5) is 4.52. The largest absolute Gasteiger partial charge is 0.261 e. The molecule has 0 fully saturated rings. The van der Waals surface area contributed by atoms with Crippen molar-refractivity contribution in [1.29, 1.82) is 0 Å². The molecule has 0 N–H and O–H groups in total. The summed E-state index contributed by atoms with van der Waals surface area (Å²) in [6.45, 7) is 0. The van der Waals surface area contributed by atoms with Gasteiger partial charge in [0.2, 0.25) is 0 Å². The molecule has 27 heavy (non-hydrogen) atoms. The quantitative estimate of drug-likeness (QED) is 0.428. The number of hydrogen-bond acceptors (Lipinski definition) is 1. The first-order chi connectivity index (χ1) is 13.4. The Balaban J connectivity index is 1.52. The highest BCUT2D eigenvalue weighted by atomic mass is 14.7. The highest BCUT2D eigenvalue weighted by Gasteiger charge is 2.23. The van der Waals surface area contributed by atoms with Crippen molar-refractivity contribution in [2.24, 2.45) is 0 Å². The van der Waals surface area contributed by atoms with E-state index in [2.05, 4.69) is 89.9 Å². The Kier molecular flexibility index (Phi) is 4.06. The van der Waals surface area contributed by atoms with Gasteiger partial charge in [-0.2, -0.15) is 0 Å². The summed E-state index contributed by atoms with van der Waals surface area (Å²) < 4.78 is 0. The minimum absolute atomic E-state index is 0.422. The lowest BCUT2D eigenvalue weighted by molar-refractivity contribution is 0.855. The van der Waals surface area contributed by atoms with Crippen LogP contribution in [0.1, 0.15) is 28.3 Å². The number of benzene rings is 3. The Morgan fingerprint density at radius 1 is 0.741 bits per heavy atom. The maximum atomic E-state index is 4.52. The molecule has 1 nitrogen and oxygen atoms in total. The highest BCUT2D eigenvalue weighted by Crippen LogP contribution is 2.39. The summed E-state index contributed by atoms with van der Waals surface area (Å²) in [5.74, 6) is 0.422. The Morgan fingerprint density at radius 2 is 1.56 bits per heavy atom. The predicted octanol–water partition coefficient (Wildman–Crippen LogP) is 6.20. The van der Waals surface area contributed by atoms with Crippen molar-refractivity contribution in [3.8, 4) is 0 Å². The van der Waals surface area contributed by atoms with E-state index < -0.39 is 0 Å². The van der Waals surface area contributed by atoms with Gasteiger partial charge in [-0.05, 0) is 51.6 Å². The lowest BCUT2D eigenvalue weighted by Gasteiger charge is -2.13. The molecule has 0 spiro atoms. The second kappa shape index (κ2) is 6.85. The van der Waals surface area contributed by atoms with Crippen LogP contribution in [0, 0.1) is 0 Å². The van der Waals surface area contributed by atoms with Crippen molar-refractivity contribution < 1.29 is 0 Å². The first-order valence-electron chi connectivity index (χ1n) is 9.55. The van der Waals surface area contributed by atoms with Crippen LogP contribution in [0.5, 0.6) is 0 Å². The molecule has 1 atom stereocenters. The molecule has 1 aliphatic rings. The van der Waals surface area contributed by atoms with Crippen LogP contribution in [-0.4, -0.2) is 4.98 Å². The van der Waals surface area contributed by atoms with Crippen LogP contribution in [0.4, 0.5) is 0 Å². The average Bonchev–Trinajstić information content (AvgIpc) is 3.07. The summed E-state index contributed by atoms with van der Waals surface area (Å²) in [7, 11) is 0. The number of pyridine rings is 1. The molecular formula is C26H21N. The molecule has 0 aliphatic heterocycles. The summed E-state index contributed by atoms with van der Waals surface area (Å²) in [6, 6.07) is 30.3. The van der Waals surface area contributed by atoms with Gasteiger partial charge in [-0.15, -0.1) is 0 Å². The van der Waals surface area contributed by atoms with Crippen molar-refractivity contribution in [2.45, 2.75) is 18.8 Å². The fraction of sp³-hybridized carbons (Fsp3) is 0.115. The van der Waals surface area contributed by atoms with Crippen LogP contribution < -0.4 is 0 Å². The van der Waals surface area contributed by atoms with E-state index in [0.29, 0.717) is 5.92 Å². The van der Waals surface area contributed by atoms with E-state index >= 15 is 0 Å². The van der Waals surface area contributed by atoms with Crippen molar-refractivity contribution in [3.63, 3.8) is 0 Å². The molecule has 1 heteroatoms. The summed E-state index contributed by atoms with van der Waals surface area (Å²) >= 11 is 0. The van der Waals surface area contributed by atoms with Gasteiger partial charge < -0.3 is 0 Å². The third kappa shape index (κ3) is 3.06. The second-order valence-corrected chi connectivity index (χ2v) is 7.23. The van der Waals surface area contributed by atoms with E-state index in [1.807, 2.05) is 12.3 Å². The van der Waals surface area contributed by atoms with E-state index in [-0.39, 0.29) is 0 Å². The van der Waals surface area contributed by atoms with Crippen LogP contribution >= 0.6 is 0 Å². The van der Waals surface area contributed by atoms with Crippen LogP contribution in [0.15, 0.2) is 97.2 Å². The monoisotopic (exact) mass is 347 g/mol. The topological polar surface area (TPSA) is 12.9 Å². The van der Waals surface area contributed by atoms with Crippen molar-refractivity contribution in [2.75, 3.05) is 0 Å². The maximum Gasteiger partial charge on any atom is 0.0447 e. The van der Waals surface area contributed by atoms with Gasteiger partial charge in [-0.3, -0.25) is 4.98 Å². The average molecular weight is 347 g/mol. The van der Waals surface area contributed by atoms with Gasteiger partial charge in [0.05, 0.1) is 0 Å². The minimum atomic E-state index is 0.422. The first-order valence-corrected chi connectivity index (χ1v) is 9.55. The zero-order chi connectivity index (χ0) is 18.1. The van der Waals surface area contributed by atoms with E-state index in [1.165, 1.54) is 33.0 Å². The maximum absolute atomic E-state index is 4.52. The van der Waals surface area contributed by atoms with Crippen LogP contribution in [0.3, 0.4) is 0 Å². The third-order valence-corrected chi connectivity index (χ3v) is 5.53.